The molecule has 0 saturated heterocycles. The van der Waals surface area contributed by atoms with Crippen molar-refractivity contribution >= 4 is 0 Å². The number of hydrogen-bond acceptors (Lipinski definition) is 6. The van der Waals surface area contributed by atoms with E-state index in [1.54, 1.807) is 30.3 Å². The first-order chi connectivity index (χ1) is 17.3. The van der Waals surface area contributed by atoms with Crippen LogP contribution in [0.5, 0.6) is 11.5 Å². The zero-order chi connectivity index (χ0) is 25.8. The summed E-state index contributed by atoms with van der Waals surface area (Å²) in [6.07, 6.45) is 0. The molecule has 0 unspecified atom stereocenters. The van der Waals surface area contributed by atoms with Gasteiger partial charge in [0.05, 0.1) is 13.2 Å². The summed E-state index contributed by atoms with van der Waals surface area (Å²) in [5.41, 5.74) is 4.70. The van der Waals surface area contributed by atoms with Crippen LogP contribution in [-0.2, 0) is 20.2 Å². The zero-order valence-electron chi connectivity index (χ0n) is 20.3. The number of benzene rings is 3. The van der Waals surface area contributed by atoms with E-state index in [9.17, 15) is 14.0 Å². The highest BCUT2D eigenvalue weighted by Crippen LogP contribution is 2.33. The van der Waals surface area contributed by atoms with Crippen molar-refractivity contribution < 1.29 is 23.5 Å². The van der Waals surface area contributed by atoms with Crippen LogP contribution in [0.3, 0.4) is 0 Å². The summed E-state index contributed by atoms with van der Waals surface area (Å²) < 4.78 is 32.7. The molecule has 0 fully saturated rings. The van der Waals surface area contributed by atoms with Gasteiger partial charge in [-0.2, -0.15) is 0 Å². The quantitative estimate of drug-likeness (QED) is 0.382. The average molecular weight is 495 g/mol. The Kier molecular flexibility index (Phi) is 7.40. The van der Waals surface area contributed by atoms with Crippen molar-refractivity contribution in [3.8, 4) is 22.6 Å². The molecule has 4 aromatic rings. The topological polar surface area (TPSA) is 95.8 Å². The van der Waals surface area contributed by atoms with E-state index in [2.05, 4.69) is 0 Å². The maximum absolute atomic E-state index is 14.6. The van der Waals surface area contributed by atoms with Crippen LogP contribution in [0.1, 0.15) is 22.3 Å². The van der Waals surface area contributed by atoms with E-state index in [0.29, 0.717) is 12.4 Å². The standard InChI is InChI=1S/C27H27FN2O6/c1-17-13-25(34-12-11-31)24(28)14-23(17)22-6-4-5-20(18(22)2)16-35-21-9-7-19(8-10-21)15-30-26(32)29(3)27(33)36-30/h4-10,13-14,31H,11-12,15-16H2,1-3H3. The van der Waals surface area contributed by atoms with Gasteiger partial charge in [0.1, 0.15) is 19.0 Å². The first kappa shape index (κ1) is 25.0. The van der Waals surface area contributed by atoms with Crippen LogP contribution in [-0.4, -0.2) is 27.6 Å². The first-order valence-electron chi connectivity index (χ1n) is 11.4. The van der Waals surface area contributed by atoms with Crippen LogP contribution in [0, 0.1) is 19.7 Å². The van der Waals surface area contributed by atoms with Crippen molar-refractivity contribution in [3.63, 3.8) is 0 Å². The van der Waals surface area contributed by atoms with E-state index in [-0.39, 0.29) is 25.5 Å². The summed E-state index contributed by atoms with van der Waals surface area (Å²) in [5.74, 6) is -0.438. The molecule has 1 aromatic heterocycles. The molecule has 8 nitrogen and oxygen atoms in total. The minimum Gasteiger partial charge on any atom is -0.489 e. The molecule has 0 bridgehead atoms. The highest BCUT2D eigenvalue weighted by molar-refractivity contribution is 5.72. The van der Waals surface area contributed by atoms with Crippen molar-refractivity contribution in [2.24, 2.45) is 7.05 Å². The molecule has 0 aliphatic rings. The summed E-state index contributed by atoms with van der Waals surface area (Å²) in [5, 5.41) is 8.93. The molecule has 9 heteroatoms. The van der Waals surface area contributed by atoms with Crippen molar-refractivity contribution in [1.82, 2.24) is 9.31 Å². The number of rotatable bonds is 9. The SMILES string of the molecule is Cc1cc(OCCO)c(F)cc1-c1cccc(COc2ccc(Cn3oc(=O)n(C)c3=O)cc2)c1C. The lowest BCUT2D eigenvalue weighted by Crippen LogP contribution is -2.26. The second-order valence-electron chi connectivity index (χ2n) is 8.43. The normalized spacial score (nSPS) is 11.0. The Morgan fingerprint density at radius 1 is 1.00 bits per heavy atom. The molecule has 1 heterocycles. The van der Waals surface area contributed by atoms with Crippen molar-refractivity contribution in [1.29, 1.82) is 0 Å². The van der Waals surface area contributed by atoms with Crippen molar-refractivity contribution in [2.45, 2.75) is 27.0 Å². The van der Waals surface area contributed by atoms with Gasteiger partial charge in [-0.3, -0.25) is 0 Å². The molecule has 0 saturated carbocycles. The molecule has 188 valence electrons. The summed E-state index contributed by atoms with van der Waals surface area (Å²) in [4.78, 5) is 23.4. The molecule has 0 atom stereocenters. The van der Waals surface area contributed by atoms with Gasteiger partial charge in [0.15, 0.2) is 11.6 Å². The Morgan fingerprint density at radius 2 is 1.75 bits per heavy atom. The van der Waals surface area contributed by atoms with Crippen LogP contribution in [0.15, 0.2) is 68.7 Å². The molecular weight excluding hydrogens is 467 g/mol. The first-order valence-corrected chi connectivity index (χ1v) is 11.4. The van der Waals surface area contributed by atoms with Gasteiger partial charge in [0.2, 0.25) is 0 Å². The van der Waals surface area contributed by atoms with Crippen LogP contribution in [0.25, 0.3) is 11.1 Å². The predicted molar refractivity (Wildman–Crippen MR) is 132 cm³/mol. The average Bonchev–Trinajstić information content (AvgIpc) is 3.11. The highest BCUT2D eigenvalue weighted by atomic mass is 19.1. The van der Waals surface area contributed by atoms with E-state index in [1.807, 2.05) is 32.0 Å². The molecule has 0 aliphatic carbocycles. The van der Waals surface area contributed by atoms with E-state index in [0.717, 1.165) is 42.7 Å². The van der Waals surface area contributed by atoms with Crippen molar-refractivity contribution in [2.75, 3.05) is 13.2 Å². The molecule has 0 spiro atoms. The lowest BCUT2D eigenvalue weighted by molar-refractivity contribution is 0.196. The van der Waals surface area contributed by atoms with Gasteiger partial charge < -0.3 is 19.1 Å². The Morgan fingerprint density at radius 3 is 2.42 bits per heavy atom. The van der Waals surface area contributed by atoms with Gasteiger partial charge in [-0.15, -0.1) is 4.74 Å². The van der Waals surface area contributed by atoms with Crippen LogP contribution in [0.2, 0.25) is 0 Å². The molecule has 0 aliphatic heterocycles. The molecule has 0 amide bonds. The minimum atomic E-state index is -0.707. The zero-order valence-corrected chi connectivity index (χ0v) is 20.3. The number of nitrogens with zero attached hydrogens (tertiary/aromatic N) is 2. The summed E-state index contributed by atoms with van der Waals surface area (Å²) in [7, 11) is 1.36. The van der Waals surface area contributed by atoms with E-state index < -0.39 is 17.3 Å². The number of aryl methyl sites for hydroxylation is 1. The van der Waals surface area contributed by atoms with Gasteiger partial charge in [0.25, 0.3) is 0 Å². The maximum atomic E-state index is 14.6. The Hall–Kier alpha value is -4.11. The monoisotopic (exact) mass is 494 g/mol. The van der Waals surface area contributed by atoms with Crippen LogP contribution >= 0.6 is 0 Å². The van der Waals surface area contributed by atoms with Gasteiger partial charge in [0, 0.05) is 7.05 Å². The molecular formula is C27H27FN2O6. The number of hydrogen-bond donors (Lipinski definition) is 1. The number of aromatic nitrogens is 2. The molecule has 0 radical (unpaired) electrons. The second kappa shape index (κ2) is 10.7. The van der Waals surface area contributed by atoms with Gasteiger partial charge in [-0.1, -0.05) is 30.3 Å². The predicted octanol–water partition coefficient (Wildman–Crippen LogP) is 3.56. The third-order valence-electron chi connectivity index (χ3n) is 5.97. The van der Waals surface area contributed by atoms with Crippen molar-refractivity contribution in [3.05, 3.63) is 104 Å². The van der Waals surface area contributed by atoms with Gasteiger partial charge in [-0.05, 0) is 71.5 Å². The van der Waals surface area contributed by atoms with Gasteiger partial charge in [-0.25, -0.2) is 18.5 Å². The van der Waals surface area contributed by atoms with E-state index in [4.69, 9.17) is 19.1 Å². The van der Waals surface area contributed by atoms with E-state index >= 15 is 0 Å². The number of ether oxygens (including phenoxy) is 2. The maximum Gasteiger partial charge on any atom is 0.442 e. The van der Waals surface area contributed by atoms with Gasteiger partial charge >= 0.3 is 11.4 Å². The van der Waals surface area contributed by atoms with E-state index in [1.165, 1.54) is 13.1 Å². The molecule has 3 aromatic carbocycles. The smallest absolute Gasteiger partial charge is 0.442 e. The lowest BCUT2D eigenvalue weighted by Gasteiger charge is -2.16. The summed E-state index contributed by atoms with van der Waals surface area (Å²) >= 11 is 0. The number of aliphatic hydroxyl groups is 1. The number of halogens is 1. The summed E-state index contributed by atoms with van der Waals surface area (Å²) in [6, 6.07) is 16.1. The van der Waals surface area contributed by atoms with Crippen LogP contribution in [0.4, 0.5) is 4.39 Å². The largest absolute Gasteiger partial charge is 0.489 e. The second-order valence-corrected chi connectivity index (χ2v) is 8.43. The fourth-order valence-corrected chi connectivity index (χ4v) is 3.90. The fraction of sp³-hybridized carbons (Fsp3) is 0.259. The Bertz CT molecular complexity index is 1480. The fourth-order valence-electron chi connectivity index (χ4n) is 3.90. The molecule has 1 N–H and O–H groups in total. The third kappa shape index (κ3) is 5.26. The third-order valence-corrected chi connectivity index (χ3v) is 5.97. The highest BCUT2D eigenvalue weighted by Gasteiger charge is 2.14. The van der Waals surface area contributed by atoms with Crippen LogP contribution < -0.4 is 20.9 Å². The molecule has 4 rings (SSSR count). The molecule has 36 heavy (non-hydrogen) atoms. The minimum absolute atomic E-state index is 0.0315. The summed E-state index contributed by atoms with van der Waals surface area (Å²) in [6.45, 7) is 4.15. The number of aliphatic hydroxyl groups excluding tert-OH is 1. The Balaban J connectivity index is 1.48. The lowest BCUT2D eigenvalue weighted by atomic mass is 9.93. The Labute approximate surface area is 206 Å².